The summed E-state index contributed by atoms with van der Waals surface area (Å²) in [7, 11) is 1.62. The number of hydrogen-bond acceptors (Lipinski definition) is 3. The zero-order valence-corrected chi connectivity index (χ0v) is 11.4. The Morgan fingerprint density at radius 3 is 2.39 bits per heavy atom. The minimum Gasteiger partial charge on any atom is -0.444 e. The van der Waals surface area contributed by atoms with Gasteiger partial charge < -0.3 is 14.8 Å². The van der Waals surface area contributed by atoms with E-state index in [0.717, 1.165) is 5.56 Å². The quantitative estimate of drug-likeness (QED) is 0.895. The fourth-order valence-electron chi connectivity index (χ4n) is 1.50. The molecule has 1 unspecified atom stereocenters. The van der Waals surface area contributed by atoms with Gasteiger partial charge in [0.2, 0.25) is 0 Å². The van der Waals surface area contributed by atoms with E-state index in [4.69, 9.17) is 9.47 Å². The molecule has 0 saturated heterocycles. The minimum absolute atomic E-state index is 0.168. The molecule has 1 N–H and O–H groups in total. The molecule has 4 heteroatoms. The zero-order chi connectivity index (χ0) is 13.6. The Morgan fingerprint density at radius 1 is 1.28 bits per heavy atom. The number of nitrogens with one attached hydrogen (secondary N) is 1. The number of amides is 1. The summed E-state index contributed by atoms with van der Waals surface area (Å²) in [5.41, 5.74) is 0.537. The molecule has 1 rings (SSSR count). The first-order valence-electron chi connectivity index (χ1n) is 5.97. The molecular weight excluding hydrogens is 230 g/mol. The van der Waals surface area contributed by atoms with E-state index in [-0.39, 0.29) is 6.10 Å². The number of carbonyl (C=O) groups is 1. The highest BCUT2D eigenvalue weighted by molar-refractivity contribution is 5.67. The van der Waals surface area contributed by atoms with Gasteiger partial charge in [0.25, 0.3) is 0 Å². The number of rotatable bonds is 4. The van der Waals surface area contributed by atoms with Gasteiger partial charge in [0.05, 0.1) is 12.6 Å². The molecule has 1 aromatic carbocycles. The highest BCUT2D eigenvalue weighted by Gasteiger charge is 2.17. The summed E-state index contributed by atoms with van der Waals surface area (Å²) in [6.45, 7) is 5.88. The first-order chi connectivity index (χ1) is 8.42. The third-order valence-electron chi connectivity index (χ3n) is 2.29. The second-order valence-corrected chi connectivity index (χ2v) is 5.02. The average Bonchev–Trinajstić information content (AvgIpc) is 2.29. The highest BCUT2D eigenvalue weighted by atomic mass is 16.6. The van der Waals surface area contributed by atoms with Crippen molar-refractivity contribution >= 4 is 6.09 Å². The van der Waals surface area contributed by atoms with Crippen LogP contribution in [0.3, 0.4) is 0 Å². The molecule has 0 radical (unpaired) electrons. The third kappa shape index (κ3) is 5.19. The van der Waals surface area contributed by atoms with Gasteiger partial charge in [0.1, 0.15) is 5.60 Å². The second kappa shape index (κ2) is 6.40. The lowest BCUT2D eigenvalue weighted by Gasteiger charge is -2.21. The van der Waals surface area contributed by atoms with Crippen molar-refractivity contribution in [3.63, 3.8) is 0 Å². The Bertz CT molecular complexity index is 370. The van der Waals surface area contributed by atoms with Crippen LogP contribution in [0.1, 0.15) is 32.4 Å². The van der Waals surface area contributed by atoms with Crippen molar-refractivity contribution in [3.8, 4) is 0 Å². The van der Waals surface area contributed by atoms with Gasteiger partial charge in [-0.25, -0.2) is 4.79 Å². The molecule has 0 aliphatic carbocycles. The van der Waals surface area contributed by atoms with E-state index >= 15 is 0 Å². The van der Waals surface area contributed by atoms with Crippen LogP contribution in [0.4, 0.5) is 4.79 Å². The smallest absolute Gasteiger partial charge is 0.407 e. The maximum Gasteiger partial charge on any atom is 0.407 e. The second-order valence-electron chi connectivity index (χ2n) is 5.02. The van der Waals surface area contributed by atoms with Crippen LogP contribution >= 0.6 is 0 Å². The Kier molecular flexibility index (Phi) is 5.16. The Hall–Kier alpha value is -1.55. The van der Waals surface area contributed by atoms with Gasteiger partial charge in [-0.15, -0.1) is 0 Å². The molecule has 18 heavy (non-hydrogen) atoms. The van der Waals surface area contributed by atoms with Crippen molar-refractivity contribution in [1.29, 1.82) is 0 Å². The molecule has 0 aromatic heterocycles. The van der Waals surface area contributed by atoms with Crippen molar-refractivity contribution in [2.24, 2.45) is 0 Å². The van der Waals surface area contributed by atoms with E-state index in [1.54, 1.807) is 7.11 Å². The van der Waals surface area contributed by atoms with E-state index in [2.05, 4.69) is 5.32 Å². The van der Waals surface area contributed by atoms with E-state index < -0.39 is 11.7 Å². The molecular formula is C14H21NO3. The zero-order valence-electron chi connectivity index (χ0n) is 11.4. The van der Waals surface area contributed by atoms with Gasteiger partial charge in [-0.3, -0.25) is 0 Å². The van der Waals surface area contributed by atoms with E-state index in [1.807, 2.05) is 51.1 Å². The molecule has 1 amide bonds. The maximum atomic E-state index is 11.5. The van der Waals surface area contributed by atoms with Gasteiger partial charge in [0, 0.05) is 7.11 Å². The first-order valence-corrected chi connectivity index (χ1v) is 5.97. The first kappa shape index (κ1) is 14.5. The minimum atomic E-state index is -0.487. The number of methoxy groups -OCH3 is 1. The Balaban J connectivity index is 2.48. The van der Waals surface area contributed by atoms with Crippen LogP contribution in [0.15, 0.2) is 30.3 Å². The number of carbonyl (C=O) groups excluding carboxylic acids is 1. The maximum absolute atomic E-state index is 11.5. The lowest BCUT2D eigenvalue weighted by atomic mass is 10.1. The predicted molar refractivity (Wildman–Crippen MR) is 70.4 cm³/mol. The molecule has 1 aromatic rings. The summed E-state index contributed by atoms with van der Waals surface area (Å²) in [5.74, 6) is 0. The topological polar surface area (TPSA) is 47.6 Å². The summed E-state index contributed by atoms with van der Waals surface area (Å²) in [5, 5.41) is 2.70. The van der Waals surface area contributed by atoms with Crippen LogP contribution in [0.2, 0.25) is 0 Å². The summed E-state index contributed by atoms with van der Waals surface area (Å²) in [4.78, 5) is 11.5. The van der Waals surface area contributed by atoms with Crippen LogP contribution in [-0.2, 0) is 9.47 Å². The molecule has 1 atom stereocenters. The van der Waals surface area contributed by atoms with Gasteiger partial charge in [0.15, 0.2) is 0 Å². The molecule has 4 nitrogen and oxygen atoms in total. The van der Waals surface area contributed by atoms with Crippen LogP contribution in [0, 0.1) is 0 Å². The van der Waals surface area contributed by atoms with Crippen molar-refractivity contribution in [2.75, 3.05) is 13.7 Å². The highest BCUT2D eigenvalue weighted by Crippen LogP contribution is 2.15. The third-order valence-corrected chi connectivity index (χ3v) is 2.29. The monoisotopic (exact) mass is 251 g/mol. The van der Waals surface area contributed by atoms with E-state index in [9.17, 15) is 4.79 Å². The number of benzene rings is 1. The van der Waals surface area contributed by atoms with Crippen molar-refractivity contribution in [3.05, 3.63) is 35.9 Å². The predicted octanol–water partition coefficient (Wildman–Crippen LogP) is 2.90. The molecule has 0 saturated carbocycles. The summed E-state index contributed by atoms with van der Waals surface area (Å²) in [6.07, 6.45) is -0.598. The van der Waals surface area contributed by atoms with Crippen molar-refractivity contribution in [1.82, 2.24) is 5.32 Å². The number of ether oxygens (including phenoxy) is 2. The lowest BCUT2D eigenvalue weighted by Crippen LogP contribution is -2.35. The Labute approximate surface area is 108 Å². The summed E-state index contributed by atoms with van der Waals surface area (Å²) < 4.78 is 10.5. The largest absolute Gasteiger partial charge is 0.444 e. The van der Waals surface area contributed by atoms with Crippen LogP contribution in [-0.4, -0.2) is 25.3 Å². The molecule has 0 aliphatic heterocycles. The fraction of sp³-hybridized carbons (Fsp3) is 0.500. The molecule has 100 valence electrons. The number of hydrogen-bond donors (Lipinski definition) is 1. The van der Waals surface area contributed by atoms with Crippen LogP contribution in [0.5, 0.6) is 0 Å². The summed E-state index contributed by atoms with van der Waals surface area (Å²) in [6, 6.07) is 9.75. The molecule has 0 fully saturated rings. The Morgan fingerprint density at radius 2 is 1.89 bits per heavy atom. The van der Waals surface area contributed by atoms with Gasteiger partial charge in [-0.2, -0.15) is 0 Å². The molecule has 0 heterocycles. The lowest BCUT2D eigenvalue weighted by molar-refractivity contribution is 0.0456. The van der Waals surface area contributed by atoms with Crippen LogP contribution in [0.25, 0.3) is 0 Å². The standard InChI is InChI=1S/C14H21NO3/c1-14(2,3)18-13(16)15-10-12(17-4)11-8-6-5-7-9-11/h5-9,12H,10H2,1-4H3,(H,15,16). The SMILES string of the molecule is COC(CNC(=O)OC(C)(C)C)c1ccccc1. The normalized spacial score (nSPS) is 12.9. The van der Waals surface area contributed by atoms with E-state index in [1.165, 1.54) is 0 Å². The average molecular weight is 251 g/mol. The molecule has 0 spiro atoms. The van der Waals surface area contributed by atoms with Gasteiger partial charge >= 0.3 is 6.09 Å². The summed E-state index contributed by atoms with van der Waals surface area (Å²) >= 11 is 0. The van der Waals surface area contributed by atoms with Crippen LogP contribution < -0.4 is 5.32 Å². The fourth-order valence-corrected chi connectivity index (χ4v) is 1.50. The van der Waals surface area contributed by atoms with Crippen molar-refractivity contribution < 1.29 is 14.3 Å². The van der Waals surface area contributed by atoms with Gasteiger partial charge in [-0.05, 0) is 26.3 Å². The molecule has 0 bridgehead atoms. The number of alkyl carbamates (subject to hydrolysis) is 1. The molecule has 0 aliphatic rings. The van der Waals surface area contributed by atoms with E-state index in [0.29, 0.717) is 6.54 Å². The van der Waals surface area contributed by atoms with Gasteiger partial charge in [-0.1, -0.05) is 30.3 Å². The van der Waals surface area contributed by atoms with Crippen molar-refractivity contribution in [2.45, 2.75) is 32.5 Å².